The Morgan fingerprint density at radius 3 is 2.76 bits per heavy atom. The summed E-state index contributed by atoms with van der Waals surface area (Å²) in [4.78, 5) is 30.5. The molecule has 1 aromatic heterocycles. The fourth-order valence-corrected chi connectivity index (χ4v) is 2.38. The number of ether oxygens (including phenoxy) is 1. The number of isocyanates is 1. The molecule has 0 aliphatic rings. The lowest BCUT2D eigenvalue weighted by Gasteiger charge is -2.04. The van der Waals surface area contributed by atoms with Gasteiger partial charge in [-0.2, -0.15) is 4.99 Å². The number of aliphatic imine (C=N–C) groups is 1. The Morgan fingerprint density at radius 2 is 2.10 bits per heavy atom. The van der Waals surface area contributed by atoms with Crippen LogP contribution < -0.4 is 0 Å². The van der Waals surface area contributed by atoms with Gasteiger partial charge in [0.15, 0.2) is 0 Å². The molecule has 6 heteroatoms. The summed E-state index contributed by atoms with van der Waals surface area (Å²) in [6.07, 6.45) is 3.06. The number of hydrogen-bond donors (Lipinski definition) is 0. The first kappa shape index (κ1) is 15.0. The van der Waals surface area contributed by atoms with Crippen LogP contribution in [0.4, 0.5) is 5.69 Å². The summed E-state index contributed by atoms with van der Waals surface area (Å²) < 4.78 is 4.95. The predicted molar refractivity (Wildman–Crippen MR) is 78.5 cm³/mol. The van der Waals surface area contributed by atoms with Gasteiger partial charge in [-0.3, -0.25) is 0 Å². The number of hydrogen-bond acceptors (Lipinski definition) is 6. The molecule has 2 aromatic rings. The van der Waals surface area contributed by atoms with Gasteiger partial charge in [0.05, 0.1) is 17.9 Å². The van der Waals surface area contributed by atoms with Crippen LogP contribution in [0.2, 0.25) is 0 Å². The Labute approximate surface area is 126 Å². The normalized spacial score (nSPS) is 9.76. The van der Waals surface area contributed by atoms with Crippen molar-refractivity contribution in [1.29, 1.82) is 0 Å². The summed E-state index contributed by atoms with van der Waals surface area (Å²) in [5.41, 5.74) is 1.01. The van der Waals surface area contributed by atoms with Gasteiger partial charge in [0.2, 0.25) is 6.08 Å². The van der Waals surface area contributed by atoms with Gasteiger partial charge in [-0.05, 0) is 43.3 Å². The third kappa shape index (κ3) is 4.27. The van der Waals surface area contributed by atoms with E-state index in [1.165, 1.54) is 17.8 Å². The quantitative estimate of drug-likeness (QED) is 0.481. The van der Waals surface area contributed by atoms with Crippen LogP contribution in [0.3, 0.4) is 0 Å². The molecule has 1 heterocycles. The number of esters is 1. The zero-order chi connectivity index (χ0) is 15.1. The Balaban J connectivity index is 2.14. The third-order valence-corrected chi connectivity index (χ3v) is 3.42. The van der Waals surface area contributed by atoms with E-state index in [-0.39, 0.29) is 5.97 Å². The van der Waals surface area contributed by atoms with Crippen molar-refractivity contribution in [1.82, 2.24) is 4.98 Å². The maximum Gasteiger partial charge on any atom is 0.338 e. The van der Waals surface area contributed by atoms with Crippen LogP contribution in [-0.2, 0) is 9.53 Å². The fourth-order valence-electron chi connectivity index (χ4n) is 1.57. The van der Waals surface area contributed by atoms with Crippen LogP contribution in [-0.4, -0.2) is 23.6 Å². The summed E-state index contributed by atoms with van der Waals surface area (Å²) in [5, 5.41) is 0.687. The van der Waals surface area contributed by atoms with E-state index in [9.17, 15) is 9.59 Å². The number of aromatic nitrogens is 1. The van der Waals surface area contributed by atoms with Crippen LogP contribution in [0.25, 0.3) is 0 Å². The van der Waals surface area contributed by atoms with Gasteiger partial charge in [0, 0.05) is 11.1 Å². The van der Waals surface area contributed by atoms with Crippen LogP contribution in [0, 0.1) is 0 Å². The molecule has 0 bridgehead atoms. The summed E-state index contributed by atoms with van der Waals surface area (Å²) in [5.74, 6) is -0.364. The highest BCUT2D eigenvalue weighted by atomic mass is 32.2. The van der Waals surface area contributed by atoms with E-state index in [0.29, 0.717) is 22.9 Å². The maximum atomic E-state index is 11.7. The molecular formula is C15H12N2O3S. The number of carbonyl (C=O) groups excluding carboxylic acids is 2. The zero-order valence-corrected chi connectivity index (χ0v) is 12.1. The standard InChI is InChI=1S/C15H12N2O3S/c1-2-20-15(19)11-7-8-16-14(9-11)21-13-5-3-12(4-6-13)17-10-18/h3-9H,2H2,1H3. The maximum absolute atomic E-state index is 11.7. The van der Waals surface area contributed by atoms with Gasteiger partial charge in [-0.25, -0.2) is 14.6 Å². The van der Waals surface area contributed by atoms with Crippen LogP contribution in [0.15, 0.2) is 57.5 Å². The second-order valence-corrected chi connectivity index (χ2v) is 5.00. The largest absolute Gasteiger partial charge is 0.462 e. The summed E-state index contributed by atoms with van der Waals surface area (Å²) >= 11 is 1.40. The lowest BCUT2D eigenvalue weighted by Crippen LogP contribution is -2.04. The van der Waals surface area contributed by atoms with Gasteiger partial charge in [-0.1, -0.05) is 11.8 Å². The first-order valence-electron chi connectivity index (χ1n) is 6.22. The van der Waals surface area contributed by atoms with Crippen LogP contribution in [0.5, 0.6) is 0 Å². The topological polar surface area (TPSA) is 68.6 Å². The highest BCUT2D eigenvalue weighted by Crippen LogP contribution is 2.28. The minimum atomic E-state index is -0.364. The smallest absolute Gasteiger partial charge is 0.338 e. The van der Waals surface area contributed by atoms with Crippen molar-refractivity contribution < 1.29 is 14.3 Å². The molecule has 0 saturated carbocycles. The molecule has 0 radical (unpaired) electrons. The van der Waals surface area contributed by atoms with Gasteiger partial charge >= 0.3 is 5.97 Å². The monoisotopic (exact) mass is 300 g/mol. The minimum Gasteiger partial charge on any atom is -0.462 e. The Morgan fingerprint density at radius 1 is 1.33 bits per heavy atom. The number of rotatable bonds is 5. The Hall–Kier alpha value is -2.43. The molecule has 0 N–H and O–H groups in total. The SMILES string of the molecule is CCOC(=O)c1ccnc(Sc2ccc(N=C=O)cc2)c1. The van der Waals surface area contributed by atoms with E-state index in [4.69, 9.17) is 4.74 Å². The lowest BCUT2D eigenvalue weighted by atomic mass is 10.3. The molecule has 106 valence electrons. The van der Waals surface area contributed by atoms with E-state index < -0.39 is 0 Å². The summed E-state index contributed by atoms with van der Waals surface area (Å²) in [7, 11) is 0. The van der Waals surface area contributed by atoms with E-state index in [1.807, 2.05) is 12.1 Å². The molecule has 0 unspecified atom stereocenters. The molecule has 0 atom stereocenters. The van der Waals surface area contributed by atoms with E-state index in [1.54, 1.807) is 37.4 Å². The Kier molecular flexibility index (Phi) is 5.26. The molecule has 5 nitrogen and oxygen atoms in total. The fraction of sp³-hybridized carbons (Fsp3) is 0.133. The molecule has 0 spiro atoms. The van der Waals surface area contributed by atoms with E-state index in [0.717, 1.165) is 4.90 Å². The highest BCUT2D eigenvalue weighted by Gasteiger charge is 2.08. The van der Waals surface area contributed by atoms with Gasteiger partial charge < -0.3 is 4.74 Å². The molecule has 2 rings (SSSR count). The van der Waals surface area contributed by atoms with Crippen LogP contribution in [0.1, 0.15) is 17.3 Å². The number of pyridine rings is 1. The van der Waals surface area contributed by atoms with Crippen molar-refractivity contribution in [2.24, 2.45) is 4.99 Å². The first-order chi connectivity index (χ1) is 10.2. The van der Waals surface area contributed by atoms with Crippen molar-refractivity contribution in [3.05, 3.63) is 48.2 Å². The second kappa shape index (κ2) is 7.38. The zero-order valence-electron chi connectivity index (χ0n) is 11.3. The minimum absolute atomic E-state index is 0.336. The van der Waals surface area contributed by atoms with Crippen molar-refractivity contribution >= 4 is 29.5 Å². The second-order valence-electron chi connectivity index (χ2n) is 3.90. The third-order valence-electron chi connectivity index (χ3n) is 2.48. The van der Waals surface area contributed by atoms with Gasteiger partial charge in [0.1, 0.15) is 5.03 Å². The van der Waals surface area contributed by atoms with E-state index in [2.05, 4.69) is 9.98 Å². The first-order valence-corrected chi connectivity index (χ1v) is 7.03. The average Bonchev–Trinajstić information content (AvgIpc) is 2.50. The molecule has 0 aliphatic heterocycles. The van der Waals surface area contributed by atoms with Crippen molar-refractivity contribution in [2.45, 2.75) is 16.8 Å². The number of carbonyl (C=O) groups is 1. The Bertz CT molecular complexity index is 680. The van der Waals surface area contributed by atoms with Crippen molar-refractivity contribution in [3.8, 4) is 0 Å². The molecule has 21 heavy (non-hydrogen) atoms. The molecule has 0 amide bonds. The number of benzene rings is 1. The molecule has 1 aromatic carbocycles. The highest BCUT2D eigenvalue weighted by molar-refractivity contribution is 7.99. The van der Waals surface area contributed by atoms with E-state index >= 15 is 0 Å². The number of nitrogens with zero attached hydrogens (tertiary/aromatic N) is 2. The van der Waals surface area contributed by atoms with Gasteiger partial charge in [-0.15, -0.1) is 0 Å². The molecular weight excluding hydrogens is 288 g/mol. The molecule has 0 aliphatic carbocycles. The average molecular weight is 300 g/mol. The summed E-state index contributed by atoms with van der Waals surface area (Å²) in [6, 6.07) is 10.4. The predicted octanol–water partition coefficient (Wildman–Crippen LogP) is 3.38. The summed E-state index contributed by atoms with van der Waals surface area (Å²) in [6.45, 7) is 2.10. The van der Waals surface area contributed by atoms with Gasteiger partial charge in [0.25, 0.3) is 0 Å². The lowest BCUT2D eigenvalue weighted by molar-refractivity contribution is 0.0526. The van der Waals surface area contributed by atoms with Crippen molar-refractivity contribution in [2.75, 3.05) is 6.61 Å². The molecule has 0 saturated heterocycles. The van der Waals surface area contributed by atoms with Crippen molar-refractivity contribution in [3.63, 3.8) is 0 Å². The van der Waals surface area contributed by atoms with Crippen LogP contribution >= 0.6 is 11.8 Å². The molecule has 0 fully saturated rings.